The smallest absolute Gasteiger partial charge is 0.0900 e. The molecule has 3 nitrogen and oxygen atoms in total. The highest BCUT2D eigenvalue weighted by Gasteiger charge is 2.18. The molecule has 1 fully saturated rings. The lowest BCUT2D eigenvalue weighted by molar-refractivity contribution is 0.00447. The number of hydrogen-bond donors (Lipinski definition) is 1. The van der Waals surface area contributed by atoms with Crippen LogP contribution in [0.15, 0.2) is 17.5 Å². The normalized spacial score (nSPS) is 23.1. The van der Waals surface area contributed by atoms with Crippen LogP contribution in [-0.2, 0) is 11.3 Å². The van der Waals surface area contributed by atoms with Crippen molar-refractivity contribution in [3.8, 4) is 0 Å². The maximum Gasteiger partial charge on any atom is 0.0900 e. The van der Waals surface area contributed by atoms with E-state index in [2.05, 4.69) is 17.9 Å². The minimum absolute atomic E-state index is 0.365. The van der Waals surface area contributed by atoms with Gasteiger partial charge in [0.2, 0.25) is 0 Å². The van der Waals surface area contributed by atoms with E-state index in [9.17, 15) is 5.11 Å². The van der Waals surface area contributed by atoms with Crippen LogP contribution in [0.3, 0.4) is 0 Å². The summed E-state index contributed by atoms with van der Waals surface area (Å²) in [5.41, 5.74) is 0. The summed E-state index contributed by atoms with van der Waals surface area (Å²) in [5, 5.41) is 12.0. The first-order chi connectivity index (χ1) is 8.74. The van der Waals surface area contributed by atoms with Gasteiger partial charge in [-0.1, -0.05) is 13.0 Å². The molecule has 1 aliphatic rings. The third kappa shape index (κ3) is 4.69. The zero-order valence-electron chi connectivity index (χ0n) is 11.0. The van der Waals surface area contributed by atoms with Crippen LogP contribution in [0, 0.1) is 5.92 Å². The molecule has 0 saturated carbocycles. The molecule has 0 amide bonds. The number of hydrogen-bond acceptors (Lipinski definition) is 4. The number of β-amino-alcohol motifs (C(OH)–C–C–N with tert-alkyl or cyclic N) is 1. The largest absolute Gasteiger partial charge is 0.389 e. The highest BCUT2D eigenvalue weighted by atomic mass is 32.1. The maximum absolute atomic E-state index is 9.95. The molecule has 1 aromatic rings. The summed E-state index contributed by atoms with van der Waals surface area (Å²) in [4.78, 5) is 3.57. The Labute approximate surface area is 113 Å². The third-order valence-corrected chi connectivity index (χ3v) is 4.19. The Kier molecular flexibility index (Phi) is 5.63. The number of nitrogens with zero attached hydrogens (tertiary/aromatic N) is 1. The van der Waals surface area contributed by atoms with Crippen LogP contribution >= 0.6 is 11.3 Å². The Bertz CT molecular complexity index is 329. The van der Waals surface area contributed by atoms with Gasteiger partial charge in [-0.3, -0.25) is 0 Å². The molecule has 0 aromatic carbocycles. The summed E-state index contributed by atoms with van der Waals surface area (Å²) in [6.45, 7) is 6.31. The van der Waals surface area contributed by atoms with Gasteiger partial charge in [0.1, 0.15) is 0 Å². The average Bonchev–Trinajstić information content (AvgIpc) is 2.82. The van der Waals surface area contributed by atoms with E-state index in [4.69, 9.17) is 4.74 Å². The second kappa shape index (κ2) is 7.24. The Hall–Kier alpha value is -0.420. The fourth-order valence-corrected chi connectivity index (χ4v) is 3.13. The van der Waals surface area contributed by atoms with Crippen LogP contribution in [0.2, 0.25) is 0 Å². The lowest BCUT2D eigenvalue weighted by atomic mass is 10.0. The number of likely N-dealkylation sites (tertiary alicyclic amines) is 1. The first-order valence-corrected chi connectivity index (χ1v) is 7.62. The van der Waals surface area contributed by atoms with Crippen molar-refractivity contribution >= 4 is 11.3 Å². The van der Waals surface area contributed by atoms with Crippen LogP contribution in [0.25, 0.3) is 0 Å². The molecule has 1 saturated heterocycles. The minimum atomic E-state index is -0.365. The zero-order chi connectivity index (χ0) is 12.8. The van der Waals surface area contributed by atoms with Crippen molar-refractivity contribution in [2.45, 2.75) is 32.5 Å². The van der Waals surface area contributed by atoms with Crippen molar-refractivity contribution in [1.82, 2.24) is 4.90 Å². The van der Waals surface area contributed by atoms with E-state index in [1.807, 2.05) is 11.4 Å². The van der Waals surface area contributed by atoms with Crippen LogP contribution in [0.1, 0.15) is 24.6 Å². The van der Waals surface area contributed by atoms with Crippen molar-refractivity contribution in [2.24, 2.45) is 5.92 Å². The second-order valence-electron chi connectivity index (χ2n) is 5.26. The van der Waals surface area contributed by atoms with Gasteiger partial charge in [-0.15, -0.1) is 11.3 Å². The van der Waals surface area contributed by atoms with Crippen molar-refractivity contribution in [2.75, 3.05) is 26.2 Å². The highest BCUT2D eigenvalue weighted by Crippen LogP contribution is 2.15. The number of ether oxygens (including phenoxy) is 1. The summed E-state index contributed by atoms with van der Waals surface area (Å²) in [6.07, 6.45) is 2.21. The molecular formula is C14H23NO2S. The molecule has 0 spiro atoms. The van der Waals surface area contributed by atoms with Gasteiger partial charge in [-0.05, 0) is 36.8 Å². The molecule has 2 atom stereocenters. The van der Waals surface area contributed by atoms with E-state index >= 15 is 0 Å². The molecular weight excluding hydrogens is 246 g/mol. The molecule has 1 aromatic heterocycles. The lowest BCUT2D eigenvalue weighted by Crippen LogP contribution is -2.40. The van der Waals surface area contributed by atoms with Gasteiger partial charge < -0.3 is 14.7 Å². The Morgan fingerprint density at radius 3 is 3.22 bits per heavy atom. The zero-order valence-corrected chi connectivity index (χ0v) is 11.9. The first-order valence-electron chi connectivity index (χ1n) is 6.74. The van der Waals surface area contributed by atoms with Crippen molar-refractivity contribution in [1.29, 1.82) is 0 Å². The predicted molar refractivity (Wildman–Crippen MR) is 74.8 cm³/mol. The van der Waals surface area contributed by atoms with Crippen molar-refractivity contribution in [3.05, 3.63) is 22.4 Å². The summed E-state index contributed by atoms with van der Waals surface area (Å²) in [7, 11) is 0. The second-order valence-corrected chi connectivity index (χ2v) is 6.29. The van der Waals surface area contributed by atoms with Gasteiger partial charge in [0.15, 0.2) is 0 Å². The van der Waals surface area contributed by atoms with E-state index < -0.39 is 0 Å². The molecule has 2 heterocycles. The SMILES string of the molecule is C[C@H]1CCCN(C[C@@H](O)COCc2cccs2)C1. The van der Waals surface area contributed by atoms with Crippen LogP contribution in [0.4, 0.5) is 0 Å². The standard InChI is InChI=1S/C14H23NO2S/c1-12-4-2-6-15(8-12)9-13(16)10-17-11-14-5-3-7-18-14/h3,5,7,12-13,16H,2,4,6,8-11H2,1H3/t12-,13+/m0/s1. The molecule has 0 aliphatic carbocycles. The lowest BCUT2D eigenvalue weighted by Gasteiger charge is -2.32. The molecule has 18 heavy (non-hydrogen) atoms. The van der Waals surface area contributed by atoms with E-state index in [1.165, 1.54) is 17.7 Å². The van der Waals surface area contributed by atoms with Gasteiger partial charge in [0.25, 0.3) is 0 Å². The Morgan fingerprint density at radius 2 is 2.50 bits per heavy atom. The number of piperidine rings is 1. The van der Waals surface area contributed by atoms with Crippen LogP contribution in [-0.4, -0.2) is 42.4 Å². The summed E-state index contributed by atoms with van der Waals surface area (Å²) in [6, 6.07) is 4.08. The molecule has 4 heteroatoms. The van der Waals surface area contributed by atoms with E-state index in [-0.39, 0.29) is 6.10 Å². The average molecular weight is 269 g/mol. The number of aliphatic hydroxyl groups excluding tert-OH is 1. The maximum atomic E-state index is 9.95. The van der Waals surface area contributed by atoms with Gasteiger partial charge in [0.05, 0.1) is 19.3 Å². The van der Waals surface area contributed by atoms with Crippen LogP contribution in [0.5, 0.6) is 0 Å². The topological polar surface area (TPSA) is 32.7 Å². The first kappa shape index (κ1) is 14.0. The van der Waals surface area contributed by atoms with E-state index in [1.54, 1.807) is 11.3 Å². The highest BCUT2D eigenvalue weighted by molar-refractivity contribution is 7.09. The fourth-order valence-electron chi connectivity index (χ4n) is 2.49. The van der Waals surface area contributed by atoms with Gasteiger partial charge in [-0.25, -0.2) is 0 Å². The molecule has 0 radical (unpaired) electrons. The van der Waals surface area contributed by atoms with Gasteiger partial charge in [-0.2, -0.15) is 0 Å². The molecule has 0 unspecified atom stereocenters. The molecule has 1 aliphatic heterocycles. The Balaban J connectivity index is 1.61. The molecule has 1 N–H and O–H groups in total. The van der Waals surface area contributed by atoms with Gasteiger partial charge in [0, 0.05) is 18.0 Å². The molecule has 102 valence electrons. The van der Waals surface area contributed by atoms with Crippen molar-refractivity contribution in [3.63, 3.8) is 0 Å². The monoisotopic (exact) mass is 269 g/mol. The number of aliphatic hydroxyl groups is 1. The van der Waals surface area contributed by atoms with Crippen molar-refractivity contribution < 1.29 is 9.84 Å². The van der Waals surface area contributed by atoms with E-state index in [0.717, 1.165) is 25.6 Å². The predicted octanol–water partition coefficient (Wildman–Crippen LogP) is 2.36. The van der Waals surface area contributed by atoms with E-state index in [0.29, 0.717) is 13.2 Å². The summed E-state index contributed by atoms with van der Waals surface area (Å²) < 4.78 is 5.54. The fraction of sp³-hybridized carbons (Fsp3) is 0.714. The molecule has 2 rings (SSSR count). The number of thiophene rings is 1. The van der Waals surface area contributed by atoms with Crippen LogP contribution < -0.4 is 0 Å². The minimum Gasteiger partial charge on any atom is -0.389 e. The third-order valence-electron chi connectivity index (χ3n) is 3.34. The molecule has 0 bridgehead atoms. The summed E-state index contributed by atoms with van der Waals surface area (Å²) in [5.74, 6) is 0.762. The summed E-state index contributed by atoms with van der Waals surface area (Å²) >= 11 is 1.69. The van der Waals surface area contributed by atoms with Gasteiger partial charge >= 0.3 is 0 Å². The quantitative estimate of drug-likeness (QED) is 0.860. The number of rotatable bonds is 6. The Morgan fingerprint density at radius 1 is 1.61 bits per heavy atom.